The molecule has 3 nitrogen and oxygen atoms in total. The fourth-order valence-corrected chi connectivity index (χ4v) is 3.15. The lowest BCUT2D eigenvalue weighted by molar-refractivity contribution is 0.341. The van der Waals surface area contributed by atoms with Crippen LogP contribution in [-0.4, -0.2) is 17.8 Å². The average Bonchev–Trinajstić information content (AvgIpc) is 2.71. The minimum absolute atomic E-state index is 0.0651. The van der Waals surface area contributed by atoms with Crippen LogP contribution in [0.25, 0.3) is 0 Å². The summed E-state index contributed by atoms with van der Waals surface area (Å²) in [5, 5.41) is 4.11. The topological polar surface area (TPSA) is 33.6 Å². The maximum Gasteiger partial charge on any atom is 0.141 e. The quantitative estimate of drug-likeness (QED) is 0.232. The van der Waals surface area contributed by atoms with Crippen LogP contribution in [0.15, 0.2) is 47.6 Å². The van der Waals surface area contributed by atoms with Crippen LogP contribution in [-0.2, 0) is 6.42 Å². The summed E-state index contributed by atoms with van der Waals surface area (Å²) >= 11 is 9.36. The molecule has 29 heavy (non-hydrogen) atoms. The van der Waals surface area contributed by atoms with Gasteiger partial charge in [-0.05, 0) is 55.2 Å². The summed E-state index contributed by atoms with van der Waals surface area (Å²) in [6.07, 6.45) is 6.70. The molecule has 156 valence electrons. The van der Waals surface area contributed by atoms with Crippen LogP contribution in [0, 0.1) is 12.7 Å². The number of hydrogen-bond donors (Lipinski definition) is 1. The van der Waals surface area contributed by atoms with E-state index in [1.54, 1.807) is 18.3 Å². The second-order valence-corrected chi connectivity index (χ2v) is 7.77. The van der Waals surface area contributed by atoms with Crippen LogP contribution in [0.1, 0.15) is 43.4 Å². The number of allylic oxidation sites excluding steroid dienone is 1. The molecule has 0 saturated heterocycles. The highest BCUT2D eigenvalue weighted by atomic mass is 79.9. The van der Waals surface area contributed by atoms with E-state index in [0.717, 1.165) is 47.0 Å². The molecular formula is C23H27BrClFN2O. The SMILES string of the molecule is CCC/C=C/N=C(Nc1ccc(F)c(Cl)c1)c1cc(OCCBr)c(CC)cc1C. The summed E-state index contributed by atoms with van der Waals surface area (Å²) in [5.41, 5.74) is 3.82. The Labute approximate surface area is 186 Å². The summed E-state index contributed by atoms with van der Waals surface area (Å²) in [5.74, 6) is 1.05. The summed E-state index contributed by atoms with van der Waals surface area (Å²) < 4.78 is 19.5. The van der Waals surface area contributed by atoms with Crippen molar-refractivity contribution in [2.45, 2.75) is 40.0 Å². The molecule has 0 aliphatic carbocycles. The Morgan fingerprint density at radius 1 is 1.28 bits per heavy atom. The molecule has 2 rings (SSSR count). The maximum absolute atomic E-state index is 13.5. The number of aliphatic imine (C=N–C) groups is 1. The van der Waals surface area contributed by atoms with Crippen molar-refractivity contribution >= 4 is 39.1 Å². The van der Waals surface area contributed by atoms with Crippen molar-refractivity contribution in [2.24, 2.45) is 4.99 Å². The predicted octanol–water partition coefficient (Wildman–Crippen LogP) is 7.30. The molecule has 0 bridgehead atoms. The fraction of sp³-hybridized carbons (Fsp3) is 0.348. The number of nitrogens with one attached hydrogen (secondary N) is 1. The number of benzene rings is 2. The van der Waals surface area contributed by atoms with Gasteiger partial charge in [-0.15, -0.1) is 0 Å². The van der Waals surface area contributed by atoms with E-state index in [9.17, 15) is 4.39 Å². The van der Waals surface area contributed by atoms with Crippen LogP contribution in [0.5, 0.6) is 5.75 Å². The molecule has 0 aliphatic heterocycles. The molecule has 0 atom stereocenters. The van der Waals surface area contributed by atoms with Crippen LogP contribution in [0.2, 0.25) is 5.02 Å². The van der Waals surface area contributed by atoms with Crippen LogP contribution in [0.4, 0.5) is 10.1 Å². The Morgan fingerprint density at radius 2 is 2.07 bits per heavy atom. The molecule has 0 spiro atoms. The zero-order chi connectivity index (χ0) is 21.2. The maximum atomic E-state index is 13.5. The van der Waals surface area contributed by atoms with E-state index in [-0.39, 0.29) is 5.02 Å². The zero-order valence-electron chi connectivity index (χ0n) is 17.1. The Kier molecular flexibility index (Phi) is 9.68. The van der Waals surface area contributed by atoms with Crippen molar-refractivity contribution < 1.29 is 9.13 Å². The van der Waals surface area contributed by atoms with Gasteiger partial charge < -0.3 is 10.1 Å². The smallest absolute Gasteiger partial charge is 0.141 e. The number of alkyl halides is 1. The predicted molar refractivity (Wildman–Crippen MR) is 125 cm³/mol. The van der Waals surface area contributed by atoms with Crippen molar-refractivity contribution in [3.8, 4) is 5.75 Å². The summed E-state index contributed by atoms with van der Waals surface area (Å²) in [4.78, 5) is 4.64. The average molecular weight is 482 g/mol. The molecule has 0 radical (unpaired) electrons. The van der Waals surface area contributed by atoms with Gasteiger partial charge in [0.1, 0.15) is 17.4 Å². The summed E-state index contributed by atoms with van der Waals surface area (Å²) in [6, 6.07) is 8.68. The summed E-state index contributed by atoms with van der Waals surface area (Å²) in [7, 11) is 0. The highest BCUT2D eigenvalue weighted by molar-refractivity contribution is 9.09. The van der Waals surface area contributed by atoms with E-state index in [1.165, 1.54) is 6.07 Å². The standard InChI is InChI=1S/C23H27BrClFN2O/c1-4-6-7-11-27-23(28-18-8-9-21(26)20(25)14-18)19-15-22(29-12-10-24)17(5-2)13-16(19)3/h7-9,11,13-15H,4-6,10,12H2,1-3H3,(H,27,28)/b11-7+. The second-order valence-electron chi connectivity index (χ2n) is 6.57. The van der Waals surface area contributed by atoms with Crippen molar-refractivity contribution in [2.75, 3.05) is 17.3 Å². The van der Waals surface area contributed by atoms with Gasteiger partial charge in [0.25, 0.3) is 0 Å². The number of nitrogens with zero attached hydrogens (tertiary/aromatic N) is 1. The van der Waals surface area contributed by atoms with Crippen molar-refractivity contribution in [1.82, 2.24) is 0 Å². The van der Waals surface area contributed by atoms with Crippen LogP contribution >= 0.6 is 27.5 Å². The highest BCUT2D eigenvalue weighted by Crippen LogP contribution is 2.26. The van der Waals surface area contributed by atoms with Crippen LogP contribution in [0.3, 0.4) is 0 Å². The molecule has 2 aromatic rings. The molecule has 2 aromatic carbocycles. The van der Waals surface area contributed by atoms with Gasteiger partial charge in [-0.25, -0.2) is 9.38 Å². The number of anilines is 1. The van der Waals surface area contributed by atoms with Gasteiger partial charge >= 0.3 is 0 Å². The van der Waals surface area contributed by atoms with E-state index >= 15 is 0 Å². The number of rotatable bonds is 9. The molecule has 0 heterocycles. The highest BCUT2D eigenvalue weighted by Gasteiger charge is 2.13. The van der Waals surface area contributed by atoms with Gasteiger partial charge in [-0.2, -0.15) is 0 Å². The van der Waals surface area contributed by atoms with E-state index in [2.05, 4.69) is 46.2 Å². The molecule has 6 heteroatoms. The van der Waals surface area contributed by atoms with E-state index in [4.69, 9.17) is 16.3 Å². The van der Waals surface area contributed by atoms with E-state index in [1.807, 2.05) is 19.1 Å². The monoisotopic (exact) mass is 480 g/mol. The number of amidine groups is 1. The molecule has 0 aliphatic rings. The van der Waals surface area contributed by atoms with Crippen molar-refractivity contribution in [3.63, 3.8) is 0 Å². The van der Waals surface area contributed by atoms with E-state index in [0.29, 0.717) is 18.1 Å². The minimum Gasteiger partial charge on any atom is -0.492 e. The van der Waals surface area contributed by atoms with Crippen LogP contribution < -0.4 is 10.1 Å². The van der Waals surface area contributed by atoms with Gasteiger partial charge in [0.2, 0.25) is 0 Å². The van der Waals surface area contributed by atoms with Gasteiger partial charge in [-0.3, -0.25) is 0 Å². The fourth-order valence-electron chi connectivity index (χ4n) is 2.81. The third-order valence-electron chi connectivity index (χ3n) is 4.32. The lowest BCUT2D eigenvalue weighted by Crippen LogP contribution is -2.16. The van der Waals surface area contributed by atoms with Crippen molar-refractivity contribution in [1.29, 1.82) is 0 Å². The largest absolute Gasteiger partial charge is 0.492 e. The third-order valence-corrected chi connectivity index (χ3v) is 4.94. The Bertz CT molecular complexity index is 883. The first-order valence-electron chi connectivity index (χ1n) is 9.77. The summed E-state index contributed by atoms with van der Waals surface area (Å²) in [6.45, 7) is 6.86. The first kappa shape index (κ1) is 23.4. The van der Waals surface area contributed by atoms with Gasteiger partial charge in [-0.1, -0.05) is 59.9 Å². The molecule has 0 amide bonds. The Hall–Kier alpha value is -1.85. The first-order chi connectivity index (χ1) is 14.0. The number of unbranched alkanes of at least 4 members (excludes halogenated alkanes) is 1. The van der Waals surface area contributed by atoms with E-state index < -0.39 is 5.82 Å². The Morgan fingerprint density at radius 3 is 2.72 bits per heavy atom. The third kappa shape index (κ3) is 6.86. The molecular weight excluding hydrogens is 455 g/mol. The van der Waals surface area contributed by atoms with Gasteiger partial charge in [0.15, 0.2) is 0 Å². The number of ether oxygens (including phenoxy) is 1. The lowest BCUT2D eigenvalue weighted by Gasteiger charge is -2.17. The normalized spacial score (nSPS) is 11.9. The second kappa shape index (κ2) is 12.0. The molecule has 0 aromatic heterocycles. The number of aryl methyl sites for hydroxylation is 2. The van der Waals surface area contributed by atoms with Gasteiger partial charge in [0, 0.05) is 22.8 Å². The molecule has 0 unspecified atom stereocenters. The zero-order valence-corrected chi connectivity index (χ0v) is 19.4. The minimum atomic E-state index is -0.451. The molecule has 0 fully saturated rings. The molecule has 0 saturated carbocycles. The molecule has 1 N–H and O–H groups in total. The number of hydrogen-bond acceptors (Lipinski definition) is 2. The first-order valence-corrected chi connectivity index (χ1v) is 11.3. The van der Waals surface area contributed by atoms with Crippen molar-refractivity contribution in [3.05, 3.63) is 70.1 Å². The lowest BCUT2D eigenvalue weighted by atomic mass is 10.0. The number of halogens is 3. The Balaban J connectivity index is 2.47. The van der Waals surface area contributed by atoms with Gasteiger partial charge in [0.05, 0.1) is 11.6 Å².